The third kappa shape index (κ3) is 4.99. The molecule has 0 saturated carbocycles. The number of aliphatic hydroxyl groups is 1. The van der Waals surface area contributed by atoms with Crippen LogP contribution >= 0.6 is 12.4 Å². The third-order valence-electron chi connectivity index (χ3n) is 4.05. The van der Waals surface area contributed by atoms with Crippen LogP contribution in [0.4, 0.5) is 0 Å². The predicted molar refractivity (Wildman–Crippen MR) is 86.5 cm³/mol. The number of nitrogens with zero attached hydrogens (tertiary/aromatic N) is 1. The molecule has 1 aliphatic heterocycles. The Bertz CT molecular complexity index is 459. The van der Waals surface area contributed by atoms with Gasteiger partial charge in [0.15, 0.2) is 0 Å². The lowest BCUT2D eigenvalue weighted by molar-refractivity contribution is -0.134. The van der Waals surface area contributed by atoms with Crippen molar-refractivity contribution < 1.29 is 9.90 Å². The number of amides is 1. The topological polar surface area (TPSA) is 66.6 Å². The lowest BCUT2D eigenvalue weighted by Gasteiger charge is -2.33. The maximum absolute atomic E-state index is 11.9. The van der Waals surface area contributed by atoms with E-state index in [1.54, 1.807) is 4.90 Å². The number of likely N-dealkylation sites (tertiary alicyclic amines) is 1. The van der Waals surface area contributed by atoms with Crippen LogP contribution in [0.3, 0.4) is 0 Å². The molecule has 3 N–H and O–H groups in total. The SMILES string of the molecule is Cc1cccc(CC2CCN(C(=O)C(N)CO)CC2)c1.Cl. The highest BCUT2D eigenvalue weighted by Gasteiger charge is 2.25. The summed E-state index contributed by atoms with van der Waals surface area (Å²) in [4.78, 5) is 13.7. The minimum Gasteiger partial charge on any atom is -0.394 e. The van der Waals surface area contributed by atoms with Gasteiger partial charge in [-0.25, -0.2) is 0 Å². The van der Waals surface area contributed by atoms with Gasteiger partial charge in [0.05, 0.1) is 6.61 Å². The summed E-state index contributed by atoms with van der Waals surface area (Å²) in [6, 6.07) is 7.86. The lowest BCUT2D eigenvalue weighted by Crippen LogP contribution is -2.48. The zero-order chi connectivity index (χ0) is 14.5. The van der Waals surface area contributed by atoms with Crippen LogP contribution in [0.15, 0.2) is 24.3 Å². The zero-order valence-electron chi connectivity index (χ0n) is 12.5. The van der Waals surface area contributed by atoms with Crippen molar-refractivity contribution in [2.24, 2.45) is 11.7 Å². The van der Waals surface area contributed by atoms with Crippen LogP contribution in [0.5, 0.6) is 0 Å². The Morgan fingerprint density at radius 3 is 2.67 bits per heavy atom. The van der Waals surface area contributed by atoms with Crippen molar-refractivity contribution in [1.82, 2.24) is 4.90 Å². The van der Waals surface area contributed by atoms with Gasteiger partial charge in [-0.15, -0.1) is 12.4 Å². The third-order valence-corrected chi connectivity index (χ3v) is 4.05. The molecule has 0 bridgehead atoms. The second-order valence-corrected chi connectivity index (χ2v) is 5.75. The summed E-state index contributed by atoms with van der Waals surface area (Å²) in [6.07, 6.45) is 3.10. The van der Waals surface area contributed by atoms with Crippen molar-refractivity contribution in [2.45, 2.75) is 32.2 Å². The molecule has 1 amide bonds. The van der Waals surface area contributed by atoms with Crippen molar-refractivity contribution in [2.75, 3.05) is 19.7 Å². The molecule has 0 aromatic heterocycles. The van der Waals surface area contributed by atoms with Gasteiger partial charge in [0, 0.05) is 13.1 Å². The van der Waals surface area contributed by atoms with Gasteiger partial charge in [-0.1, -0.05) is 29.8 Å². The van der Waals surface area contributed by atoms with Crippen molar-refractivity contribution >= 4 is 18.3 Å². The van der Waals surface area contributed by atoms with Gasteiger partial charge < -0.3 is 15.7 Å². The molecule has 2 rings (SSSR count). The minimum absolute atomic E-state index is 0. The van der Waals surface area contributed by atoms with Crippen LogP contribution in [-0.4, -0.2) is 41.7 Å². The molecule has 0 aliphatic carbocycles. The van der Waals surface area contributed by atoms with Crippen molar-refractivity contribution in [3.05, 3.63) is 35.4 Å². The summed E-state index contributed by atoms with van der Waals surface area (Å²) >= 11 is 0. The Labute approximate surface area is 132 Å². The molecule has 1 fully saturated rings. The van der Waals surface area contributed by atoms with E-state index in [2.05, 4.69) is 31.2 Å². The first-order valence-corrected chi connectivity index (χ1v) is 7.31. The molecule has 0 spiro atoms. The normalized spacial score (nSPS) is 17.2. The maximum atomic E-state index is 11.9. The van der Waals surface area contributed by atoms with Crippen LogP contribution in [0.25, 0.3) is 0 Å². The molecule has 1 atom stereocenters. The van der Waals surface area contributed by atoms with Crippen LogP contribution in [0, 0.1) is 12.8 Å². The van der Waals surface area contributed by atoms with Gasteiger partial charge in [-0.3, -0.25) is 4.79 Å². The van der Waals surface area contributed by atoms with E-state index in [4.69, 9.17) is 10.8 Å². The average molecular weight is 313 g/mol. The van der Waals surface area contributed by atoms with Crippen LogP contribution in [0.2, 0.25) is 0 Å². The summed E-state index contributed by atoms with van der Waals surface area (Å²) < 4.78 is 0. The molecule has 1 aromatic rings. The van der Waals surface area contributed by atoms with Gasteiger partial charge >= 0.3 is 0 Å². The number of hydrogen-bond donors (Lipinski definition) is 2. The quantitative estimate of drug-likeness (QED) is 0.886. The Balaban J connectivity index is 0.00000220. The predicted octanol–water partition coefficient (Wildman–Crippen LogP) is 1.52. The van der Waals surface area contributed by atoms with Gasteiger partial charge in [-0.2, -0.15) is 0 Å². The highest BCUT2D eigenvalue weighted by molar-refractivity contribution is 5.85. The number of piperidine rings is 1. The smallest absolute Gasteiger partial charge is 0.241 e. The number of nitrogens with two attached hydrogens (primary N) is 1. The fraction of sp³-hybridized carbons (Fsp3) is 0.562. The molecule has 1 aromatic carbocycles. The van der Waals surface area contributed by atoms with Crippen LogP contribution in [0.1, 0.15) is 24.0 Å². The summed E-state index contributed by atoms with van der Waals surface area (Å²) in [5.41, 5.74) is 8.25. The summed E-state index contributed by atoms with van der Waals surface area (Å²) in [7, 11) is 0. The van der Waals surface area contributed by atoms with Crippen LogP contribution < -0.4 is 5.73 Å². The standard InChI is InChI=1S/C16H24N2O2.ClH/c1-12-3-2-4-14(9-12)10-13-5-7-18(8-6-13)16(20)15(17)11-19;/h2-4,9,13,15,19H,5-8,10-11,17H2,1H3;1H. The lowest BCUT2D eigenvalue weighted by atomic mass is 9.89. The molecule has 1 heterocycles. The highest BCUT2D eigenvalue weighted by atomic mass is 35.5. The Morgan fingerprint density at radius 1 is 1.43 bits per heavy atom. The van der Waals surface area contributed by atoms with E-state index in [0.717, 1.165) is 32.4 Å². The van der Waals surface area contributed by atoms with Crippen molar-refractivity contribution in [3.8, 4) is 0 Å². The van der Waals surface area contributed by atoms with Gasteiger partial charge in [-0.05, 0) is 37.7 Å². The molecule has 1 unspecified atom stereocenters. The number of aryl methyl sites for hydroxylation is 1. The second-order valence-electron chi connectivity index (χ2n) is 5.75. The fourth-order valence-electron chi connectivity index (χ4n) is 2.84. The Kier molecular flexibility index (Phi) is 7.15. The first-order chi connectivity index (χ1) is 9.60. The molecular weight excluding hydrogens is 288 g/mol. The minimum atomic E-state index is -0.761. The Hall–Kier alpha value is -1.10. The molecule has 5 heteroatoms. The van der Waals surface area contributed by atoms with E-state index >= 15 is 0 Å². The average Bonchev–Trinajstić information content (AvgIpc) is 2.46. The fourth-order valence-corrected chi connectivity index (χ4v) is 2.84. The van der Waals surface area contributed by atoms with Gasteiger partial charge in [0.2, 0.25) is 5.91 Å². The Morgan fingerprint density at radius 2 is 2.10 bits per heavy atom. The largest absolute Gasteiger partial charge is 0.394 e. The van der Waals surface area contributed by atoms with E-state index in [9.17, 15) is 4.79 Å². The number of halogens is 1. The number of hydrogen-bond acceptors (Lipinski definition) is 3. The molecule has 1 saturated heterocycles. The van der Waals surface area contributed by atoms with Crippen LogP contribution in [-0.2, 0) is 11.2 Å². The monoisotopic (exact) mass is 312 g/mol. The van der Waals surface area contributed by atoms with Crippen molar-refractivity contribution in [3.63, 3.8) is 0 Å². The number of carbonyl (C=O) groups excluding carboxylic acids is 1. The number of rotatable bonds is 4. The molecule has 4 nitrogen and oxygen atoms in total. The van der Waals surface area contributed by atoms with Crippen molar-refractivity contribution in [1.29, 1.82) is 0 Å². The highest BCUT2D eigenvalue weighted by Crippen LogP contribution is 2.22. The first-order valence-electron chi connectivity index (χ1n) is 7.31. The van der Waals surface area contributed by atoms with E-state index in [1.165, 1.54) is 11.1 Å². The van der Waals surface area contributed by atoms with Gasteiger partial charge in [0.1, 0.15) is 6.04 Å². The first kappa shape index (κ1) is 18.0. The maximum Gasteiger partial charge on any atom is 0.241 e. The van der Waals surface area contributed by atoms with E-state index < -0.39 is 6.04 Å². The molecule has 0 radical (unpaired) electrons. The number of aliphatic hydroxyl groups excluding tert-OH is 1. The van der Waals surface area contributed by atoms with E-state index in [1.807, 2.05) is 0 Å². The summed E-state index contributed by atoms with van der Waals surface area (Å²) in [5, 5.41) is 8.94. The number of carbonyl (C=O) groups is 1. The molecule has 21 heavy (non-hydrogen) atoms. The summed E-state index contributed by atoms with van der Waals surface area (Å²) in [5.74, 6) is 0.507. The molecule has 1 aliphatic rings. The summed E-state index contributed by atoms with van der Waals surface area (Å²) in [6.45, 7) is 3.34. The molecule has 118 valence electrons. The second kappa shape index (κ2) is 8.37. The van der Waals surface area contributed by atoms with E-state index in [0.29, 0.717) is 5.92 Å². The zero-order valence-corrected chi connectivity index (χ0v) is 13.3. The van der Waals surface area contributed by atoms with E-state index in [-0.39, 0.29) is 24.9 Å². The molecular formula is C16H25ClN2O2. The van der Waals surface area contributed by atoms with Gasteiger partial charge in [0.25, 0.3) is 0 Å². The number of benzene rings is 1.